The van der Waals surface area contributed by atoms with E-state index in [1.807, 2.05) is 0 Å². The Morgan fingerprint density at radius 2 is 1.86 bits per heavy atom. The molecule has 118 valence electrons. The molecule has 0 bridgehead atoms. The molecule has 1 aromatic carbocycles. The number of sulfone groups is 1. The van der Waals surface area contributed by atoms with Crippen LogP contribution in [-0.2, 0) is 20.6 Å². The third-order valence-electron chi connectivity index (χ3n) is 3.49. The lowest BCUT2D eigenvalue weighted by Gasteiger charge is -2.17. The SMILES string of the molecule is CS(=O)(=O)C1(CNc2ccccc2S(=O)C(F)(F)F)CC1. The van der Waals surface area contributed by atoms with Gasteiger partial charge in [-0.05, 0) is 25.0 Å². The molecular weight excluding hydrogens is 327 g/mol. The molecule has 0 aliphatic heterocycles. The highest BCUT2D eigenvalue weighted by Gasteiger charge is 2.52. The van der Waals surface area contributed by atoms with Crippen LogP contribution in [-0.4, -0.2) is 35.7 Å². The Hall–Kier alpha value is -1.09. The zero-order chi connectivity index (χ0) is 15.9. The molecule has 2 rings (SSSR count). The number of anilines is 1. The molecule has 0 amide bonds. The summed E-state index contributed by atoms with van der Waals surface area (Å²) in [5, 5.41) is 2.70. The first-order chi connectivity index (χ1) is 9.57. The Morgan fingerprint density at radius 1 is 1.29 bits per heavy atom. The van der Waals surface area contributed by atoms with Gasteiger partial charge in [-0.2, -0.15) is 13.2 Å². The highest BCUT2D eigenvalue weighted by Crippen LogP contribution is 2.43. The number of nitrogens with one attached hydrogen (secondary N) is 1. The Balaban J connectivity index is 2.21. The van der Waals surface area contributed by atoms with Gasteiger partial charge in [0.1, 0.15) is 0 Å². The maximum Gasteiger partial charge on any atom is 0.475 e. The van der Waals surface area contributed by atoms with Gasteiger partial charge in [0.25, 0.3) is 0 Å². The van der Waals surface area contributed by atoms with Gasteiger partial charge in [-0.3, -0.25) is 0 Å². The molecule has 1 unspecified atom stereocenters. The van der Waals surface area contributed by atoms with E-state index in [0.717, 1.165) is 12.3 Å². The lowest BCUT2D eigenvalue weighted by atomic mass is 10.3. The van der Waals surface area contributed by atoms with Crippen molar-refractivity contribution < 1.29 is 25.8 Å². The van der Waals surface area contributed by atoms with Gasteiger partial charge in [0.05, 0.1) is 15.3 Å². The van der Waals surface area contributed by atoms with Crippen molar-refractivity contribution >= 4 is 26.3 Å². The summed E-state index contributed by atoms with van der Waals surface area (Å²) < 4.78 is 71.5. The molecule has 0 radical (unpaired) electrons. The van der Waals surface area contributed by atoms with Crippen LogP contribution >= 0.6 is 0 Å². The average molecular weight is 341 g/mol. The van der Waals surface area contributed by atoms with E-state index in [1.165, 1.54) is 18.2 Å². The number of hydrogen-bond acceptors (Lipinski definition) is 4. The standard InChI is InChI=1S/C12H14F3NO3S2/c1-21(18,19)11(6-7-11)8-16-9-4-2-3-5-10(9)20(17)12(13,14)15/h2-5,16H,6-8H2,1H3. The van der Waals surface area contributed by atoms with Gasteiger partial charge in [0.15, 0.2) is 20.6 Å². The first kappa shape index (κ1) is 16.3. The molecule has 0 saturated heterocycles. The topological polar surface area (TPSA) is 63.2 Å². The lowest BCUT2D eigenvalue weighted by molar-refractivity contribution is -0.0384. The Morgan fingerprint density at radius 3 is 2.33 bits per heavy atom. The molecule has 9 heteroatoms. The molecule has 0 heterocycles. The number of benzene rings is 1. The summed E-state index contributed by atoms with van der Waals surface area (Å²) in [6.45, 7) is 0.0118. The van der Waals surface area contributed by atoms with Gasteiger partial charge in [-0.15, -0.1) is 0 Å². The molecule has 1 aromatic rings. The van der Waals surface area contributed by atoms with Crippen molar-refractivity contribution in [1.82, 2.24) is 0 Å². The van der Waals surface area contributed by atoms with Gasteiger partial charge in [0, 0.05) is 12.8 Å². The van der Waals surface area contributed by atoms with Crippen molar-refractivity contribution in [2.45, 2.75) is 28.0 Å². The van der Waals surface area contributed by atoms with Crippen LogP contribution in [0.1, 0.15) is 12.8 Å². The predicted molar refractivity (Wildman–Crippen MR) is 74.2 cm³/mol. The summed E-state index contributed by atoms with van der Waals surface area (Å²) in [7, 11) is -6.44. The fourth-order valence-corrected chi connectivity index (χ4v) is 3.94. The predicted octanol–water partition coefficient (Wildman–Crippen LogP) is 2.30. The molecule has 1 aliphatic carbocycles. The monoisotopic (exact) mass is 341 g/mol. The van der Waals surface area contributed by atoms with E-state index >= 15 is 0 Å². The second-order valence-corrected chi connectivity index (χ2v) is 8.87. The summed E-state index contributed by atoms with van der Waals surface area (Å²) in [5.74, 6) is 0. The number of para-hydroxylation sites is 1. The van der Waals surface area contributed by atoms with E-state index in [1.54, 1.807) is 0 Å². The van der Waals surface area contributed by atoms with Gasteiger partial charge >= 0.3 is 5.51 Å². The smallest absolute Gasteiger partial charge is 0.382 e. The Labute approximate surface area is 123 Å². The molecule has 1 atom stereocenters. The van der Waals surface area contributed by atoms with E-state index in [4.69, 9.17) is 0 Å². The minimum Gasteiger partial charge on any atom is -0.382 e. The second kappa shape index (κ2) is 5.28. The van der Waals surface area contributed by atoms with Crippen LogP contribution in [0.5, 0.6) is 0 Å². The fourth-order valence-electron chi connectivity index (χ4n) is 1.97. The van der Waals surface area contributed by atoms with Crippen LogP contribution in [0.25, 0.3) is 0 Å². The Bertz CT molecular complexity index is 667. The van der Waals surface area contributed by atoms with Crippen LogP contribution in [0.2, 0.25) is 0 Å². The molecule has 0 aromatic heterocycles. The van der Waals surface area contributed by atoms with E-state index in [-0.39, 0.29) is 12.2 Å². The third-order valence-corrected chi connectivity index (χ3v) is 6.79. The van der Waals surface area contributed by atoms with E-state index < -0.39 is 35.8 Å². The normalized spacial score (nSPS) is 19.0. The van der Waals surface area contributed by atoms with E-state index in [0.29, 0.717) is 12.8 Å². The van der Waals surface area contributed by atoms with Crippen molar-refractivity contribution in [1.29, 1.82) is 0 Å². The largest absolute Gasteiger partial charge is 0.475 e. The van der Waals surface area contributed by atoms with Crippen LogP contribution in [0.15, 0.2) is 29.2 Å². The van der Waals surface area contributed by atoms with Crippen LogP contribution < -0.4 is 5.32 Å². The molecule has 1 aliphatic rings. The average Bonchev–Trinajstić information content (AvgIpc) is 3.15. The van der Waals surface area contributed by atoms with Crippen molar-refractivity contribution in [3.8, 4) is 0 Å². The summed E-state index contributed by atoms with van der Waals surface area (Å²) >= 11 is 0. The van der Waals surface area contributed by atoms with Crippen molar-refractivity contribution in [3.63, 3.8) is 0 Å². The fraction of sp³-hybridized carbons (Fsp3) is 0.500. The Kier molecular flexibility index (Phi) is 4.09. The van der Waals surface area contributed by atoms with Gasteiger partial charge in [-0.25, -0.2) is 12.6 Å². The number of halogens is 3. The number of rotatable bonds is 5. The number of hydrogen-bond donors (Lipinski definition) is 1. The van der Waals surface area contributed by atoms with Crippen molar-refractivity contribution in [2.24, 2.45) is 0 Å². The quantitative estimate of drug-likeness (QED) is 0.893. The van der Waals surface area contributed by atoms with Crippen molar-refractivity contribution in [2.75, 3.05) is 18.1 Å². The van der Waals surface area contributed by atoms with Crippen LogP contribution in [0, 0.1) is 0 Å². The number of alkyl halides is 3. The second-order valence-electron chi connectivity index (χ2n) is 5.02. The van der Waals surface area contributed by atoms with Crippen molar-refractivity contribution in [3.05, 3.63) is 24.3 Å². The minimum atomic E-state index is -4.86. The highest BCUT2D eigenvalue weighted by molar-refractivity contribution is 7.92. The molecule has 1 saturated carbocycles. The zero-order valence-corrected chi connectivity index (χ0v) is 12.7. The summed E-state index contributed by atoms with van der Waals surface area (Å²) in [5.41, 5.74) is -4.81. The molecule has 1 N–H and O–H groups in total. The first-order valence-electron chi connectivity index (χ1n) is 6.08. The van der Waals surface area contributed by atoms with Crippen LogP contribution in [0.4, 0.5) is 18.9 Å². The molecule has 0 spiro atoms. The summed E-state index contributed by atoms with van der Waals surface area (Å²) in [4.78, 5) is -0.394. The van der Waals surface area contributed by atoms with Gasteiger partial charge < -0.3 is 5.32 Å². The highest BCUT2D eigenvalue weighted by atomic mass is 32.2. The van der Waals surface area contributed by atoms with Gasteiger partial charge in [0.2, 0.25) is 0 Å². The van der Waals surface area contributed by atoms with E-state index in [9.17, 15) is 25.8 Å². The first-order valence-corrected chi connectivity index (χ1v) is 9.12. The summed E-state index contributed by atoms with van der Waals surface area (Å²) in [6, 6.07) is 5.33. The maximum absolute atomic E-state index is 12.6. The third kappa shape index (κ3) is 3.39. The molecular formula is C12H14F3NO3S2. The van der Waals surface area contributed by atoms with Gasteiger partial charge in [-0.1, -0.05) is 12.1 Å². The summed E-state index contributed by atoms with van der Waals surface area (Å²) in [6.07, 6.45) is 2.06. The molecule has 21 heavy (non-hydrogen) atoms. The minimum absolute atomic E-state index is 0.0118. The lowest BCUT2D eigenvalue weighted by Crippen LogP contribution is -2.30. The van der Waals surface area contributed by atoms with Crippen LogP contribution in [0.3, 0.4) is 0 Å². The molecule has 4 nitrogen and oxygen atoms in total. The molecule has 1 fully saturated rings. The van der Waals surface area contributed by atoms with E-state index in [2.05, 4.69) is 5.32 Å². The zero-order valence-electron chi connectivity index (χ0n) is 11.1. The maximum atomic E-state index is 12.6.